The molecule has 0 aliphatic heterocycles. The third-order valence-corrected chi connectivity index (χ3v) is 1.79. The lowest BCUT2D eigenvalue weighted by atomic mass is 10.2. The summed E-state index contributed by atoms with van der Waals surface area (Å²) in [6.07, 6.45) is 6.66. The first-order chi connectivity index (χ1) is 5.83. The predicted octanol–water partition coefficient (Wildman–Crippen LogP) is 1.44. The smallest absolute Gasteiger partial charge is 0.239 e. The summed E-state index contributed by atoms with van der Waals surface area (Å²) in [7, 11) is 0. The molecule has 1 rings (SSSR count). The van der Waals surface area contributed by atoms with Crippen LogP contribution in [0.2, 0.25) is 0 Å². The lowest BCUT2D eigenvalue weighted by molar-refractivity contribution is 0.541. The summed E-state index contributed by atoms with van der Waals surface area (Å²) < 4.78 is 1.80. The van der Waals surface area contributed by atoms with E-state index in [-0.39, 0.29) is 0 Å². The molecule has 0 aliphatic carbocycles. The molecule has 0 aromatic carbocycles. The largest absolute Gasteiger partial charge is 0.367 e. The summed E-state index contributed by atoms with van der Waals surface area (Å²) in [6.45, 7) is 3.14. The summed E-state index contributed by atoms with van der Waals surface area (Å²) in [6, 6.07) is 0. The molecule has 0 saturated heterocycles. The summed E-state index contributed by atoms with van der Waals surface area (Å²) in [5.41, 5.74) is 5.37. The van der Waals surface area contributed by atoms with Crippen molar-refractivity contribution in [2.75, 3.05) is 5.73 Å². The van der Waals surface area contributed by atoms with E-state index in [1.54, 1.807) is 11.0 Å². The van der Waals surface area contributed by atoms with Crippen molar-refractivity contribution in [2.45, 2.75) is 39.2 Å². The SMILES string of the molecule is CCCCCCn1cnc(N)n1. The lowest BCUT2D eigenvalue weighted by Crippen LogP contribution is -1.99. The van der Waals surface area contributed by atoms with Crippen molar-refractivity contribution in [2.24, 2.45) is 0 Å². The van der Waals surface area contributed by atoms with Crippen molar-refractivity contribution >= 4 is 5.95 Å². The Balaban J connectivity index is 2.15. The minimum Gasteiger partial charge on any atom is -0.367 e. The number of aromatic nitrogens is 3. The van der Waals surface area contributed by atoms with E-state index < -0.39 is 0 Å². The molecule has 12 heavy (non-hydrogen) atoms. The molecule has 0 spiro atoms. The average molecular weight is 168 g/mol. The number of hydrogen-bond acceptors (Lipinski definition) is 3. The molecule has 0 bridgehead atoms. The Morgan fingerprint density at radius 2 is 2.25 bits per heavy atom. The van der Waals surface area contributed by atoms with Crippen LogP contribution in [-0.4, -0.2) is 14.8 Å². The van der Waals surface area contributed by atoms with Crippen LogP contribution < -0.4 is 5.73 Å². The topological polar surface area (TPSA) is 56.7 Å². The predicted molar refractivity (Wildman–Crippen MR) is 48.6 cm³/mol. The molecule has 0 aliphatic rings. The first-order valence-corrected chi connectivity index (χ1v) is 4.48. The van der Waals surface area contributed by atoms with Gasteiger partial charge in [-0.15, -0.1) is 5.10 Å². The van der Waals surface area contributed by atoms with Gasteiger partial charge in [0.15, 0.2) is 0 Å². The number of nitrogens with two attached hydrogens (primary N) is 1. The maximum absolute atomic E-state index is 5.37. The number of nitrogen functional groups attached to an aromatic ring is 1. The van der Waals surface area contributed by atoms with Gasteiger partial charge in [-0.2, -0.15) is 0 Å². The van der Waals surface area contributed by atoms with E-state index >= 15 is 0 Å². The van der Waals surface area contributed by atoms with Crippen molar-refractivity contribution < 1.29 is 0 Å². The van der Waals surface area contributed by atoms with Gasteiger partial charge in [-0.3, -0.25) is 4.68 Å². The van der Waals surface area contributed by atoms with Gasteiger partial charge in [0.25, 0.3) is 0 Å². The Bertz CT molecular complexity index is 219. The van der Waals surface area contributed by atoms with Crippen molar-refractivity contribution in [3.8, 4) is 0 Å². The average Bonchev–Trinajstić information content (AvgIpc) is 2.45. The monoisotopic (exact) mass is 168 g/mol. The van der Waals surface area contributed by atoms with E-state index in [0.29, 0.717) is 5.95 Å². The fraction of sp³-hybridized carbons (Fsp3) is 0.750. The van der Waals surface area contributed by atoms with E-state index in [1.165, 1.54) is 19.3 Å². The highest BCUT2D eigenvalue weighted by Crippen LogP contribution is 2.01. The number of aryl methyl sites for hydroxylation is 1. The van der Waals surface area contributed by atoms with Gasteiger partial charge in [0, 0.05) is 6.54 Å². The Labute approximate surface area is 72.8 Å². The molecule has 0 unspecified atom stereocenters. The Morgan fingerprint density at radius 3 is 2.83 bits per heavy atom. The maximum atomic E-state index is 5.37. The van der Waals surface area contributed by atoms with Crippen LogP contribution in [0.4, 0.5) is 5.95 Å². The summed E-state index contributed by atoms with van der Waals surface area (Å²) in [5.74, 6) is 0.366. The fourth-order valence-corrected chi connectivity index (χ4v) is 1.12. The van der Waals surface area contributed by atoms with Gasteiger partial charge in [0.05, 0.1) is 0 Å². The summed E-state index contributed by atoms with van der Waals surface area (Å²) in [5, 5.41) is 3.99. The van der Waals surface area contributed by atoms with Crippen LogP contribution in [0.1, 0.15) is 32.6 Å². The molecule has 68 valence electrons. The molecule has 4 heteroatoms. The van der Waals surface area contributed by atoms with Crippen molar-refractivity contribution in [3.05, 3.63) is 6.33 Å². The van der Waals surface area contributed by atoms with Crippen LogP contribution >= 0.6 is 0 Å². The molecule has 0 fully saturated rings. The zero-order valence-electron chi connectivity index (χ0n) is 7.53. The van der Waals surface area contributed by atoms with Gasteiger partial charge in [0.1, 0.15) is 6.33 Å². The molecule has 4 nitrogen and oxygen atoms in total. The Kier molecular flexibility index (Phi) is 3.57. The molecule has 1 heterocycles. The van der Waals surface area contributed by atoms with E-state index in [0.717, 1.165) is 13.0 Å². The van der Waals surface area contributed by atoms with Crippen molar-refractivity contribution in [3.63, 3.8) is 0 Å². The second kappa shape index (κ2) is 4.74. The van der Waals surface area contributed by atoms with E-state index in [9.17, 15) is 0 Å². The fourth-order valence-electron chi connectivity index (χ4n) is 1.12. The maximum Gasteiger partial charge on any atom is 0.239 e. The molecule has 0 amide bonds. The van der Waals surface area contributed by atoms with Gasteiger partial charge in [-0.25, -0.2) is 4.98 Å². The molecule has 1 aromatic heterocycles. The third-order valence-electron chi connectivity index (χ3n) is 1.79. The highest BCUT2D eigenvalue weighted by Gasteiger charge is 1.94. The van der Waals surface area contributed by atoms with Crippen LogP contribution in [0.5, 0.6) is 0 Å². The lowest BCUT2D eigenvalue weighted by Gasteiger charge is -1.98. The molecule has 0 atom stereocenters. The van der Waals surface area contributed by atoms with Gasteiger partial charge in [-0.1, -0.05) is 26.2 Å². The van der Waals surface area contributed by atoms with Gasteiger partial charge < -0.3 is 5.73 Å². The quantitative estimate of drug-likeness (QED) is 0.677. The van der Waals surface area contributed by atoms with E-state index in [1.807, 2.05) is 0 Å². The first kappa shape index (κ1) is 9.03. The van der Waals surface area contributed by atoms with Crippen LogP contribution in [0.25, 0.3) is 0 Å². The Hall–Kier alpha value is -1.06. The minimum absolute atomic E-state index is 0.366. The van der Waals surface area contributed by atoms with Crippen molar-refractivity contribution in [1.82, 2.24) is 14.8 Å². The number of nitrogens with zero attached hydrogens (tertiary/aromatic N) is 3. The van der Waals surface area contributed by atoms with Gasteiger partial charge >= 0.3 is 0 Å². The molecular formula is C8H16N4. The zero-order chi connectivity index (χ0) is 8.81. The van der Waals surface area contributed by atoms with E-state index in [4.69, 9.17) is 5.73 Å². The van der Waals surface area contributed by atoms with Crippen molar-refractivity contribution in [1.29, 1.82) is 0 Å². The summed E-state index contributed by atoms with van der Waals surface area (Å²) >= 11 is 0. The molecule has 0 saturated carbocycles. The second-order valence-corrected chi connectivity index (χ2v) is 2.93. The van der Waals surface area contributed by atoms with Gasteiger partial charge in [0.2, 0.25) is 5.95 Å². The molecule has 0 radical (unpaired) electrons. The van der Waals surface area contributed by atoms with E-state index in [2.05, 4.69) is 17.0 Å². The van der Waals surface area contributed by atoms with Crippen LogP contribution in [0.15, 0.2) is 6.33 Å². The standard InChI is InChI=1S/C8H16N4/c1-2-3-4-5-6-12-7-10-8(9)11-12/h7H,2-6H2,1H3,(H2,9,11). The normalized spacial score (nSPS) is 10.4. The number of unbranched alkanes of at least 4 members (excludes halogenated alkanes) is 3. The third kappa shape index (κ3) is 2.90. The van der Waals surface area contributed by atoms with Crippen LogP contribution in [-0.2, 0) is 6.54 Å². The minimum atomic E-state index is 0.366. The molecular weight excluding hydrogens is 152 g/mol. The van der Waals surface area contributed by atoms with Gasteiger partial charge in [-0.05, 0) is 6.42 Å². The Morgan fingerprint density at radius 1 is 1.42 bits per heavy atom. The highest BCUT2D eigenvalue weighted by atomic mass is 15.3. The number of rotatable bonds is 5. The first-order valence-electron chi connectivity index (χ1n) is 4.48. The zero-order valence-corrected chi connectivity index (χ0v) is 7.53. The highest BCUT2D eigenvalue weighted by molar-refractivity contribution is 5.08. The van der Waals surface area contributed by atoms with Crippen LogP contribution in [0.3, 0.4) is 0 Å². The second-order valence-electron chi connectivity index (χ2n) is 2.93. The molecule has 2 N–H and O–H groups in total. The number of hydrogen-bond donors (Lipinski definition) is 1. The summed E-state index contributed by atoms with van der Waals surface area (Å²) in [4.78, 5) is 3.85. The van der Waals surface area contributed by atoms with Crippen LogP contribution in [0, 0.1) is 0 Å². The molecule has 1 aromatic rings. The number of anilines is 1.